The van der Waals surface area contributed by atoms with Crippen molar-refractivity contribution in [2.45, 2.75) is 12.5 Å². The molecule has 1 aromatic heterocycles. The molecule has 3 rings (SSSR count). The largest absolute Gasteiger partial charge is 0.508 e. The van der Waals surface area contributed by atoms with Gasteiger partial charge in [0.25, 0.3) is 11.1 Å². The Bertz CT molecular complexity index is 925. The molecule has 1 unspecified atom stereocenters. The lowest BCUT2D eigenvalue weighted by Gasteiger charge is -2.22. The third-order valence-corrected chi connectivity index (χ3v) is 6.12. The molecule has 1 atom stereocenters. The number of benzene rings is 1. The molecule has 1 aliphatic heterocycles. The summed E-state index contributed by atoms with van der Waals surface area (Å²) < 4.78 is 0. The van der Waals surface area contributed by atoms with E-state index in [-0.39, 0.29) is 31.2 Å². The van der Waals surface area contributed by atoms with Gasteiger partial charge in [-0.25, -0.2) is 0 Å². The van der Waals surface area contributed by atoms with E-state index in [1.807, 2.05) is 17.5 Å². The molecule has 1 aliphatic rings. The molecule has 0 bridgehead atoms. The summed E-state index contributed by atoms with van der Waals surface area (Å²) in [5.74, 6) is -0.590. The number of nitrogens with zero attached hydrogens (tertiary/aromatic N) is 2. The summed E-state index contributed by atoms with van der Waals surface area (Å²) in [6.45, 7) is 0.0503. The molecular weight excluding hydrogens is 412 g/mol. The SMILES string of the molecule is CN(CC(O)c1ccc(O)cc1)C(=O)CCN1C(=O)SC(=Cc2cccs2)C1=O. The van der Waals surface area contributed by atoms with Gasteiger partial charge in [0.1, 0.15) is 5.75 Å². The number of carbonyl (C=O) groups excluding carboxylic acids is 3. The standard InChI is InChI=1S/C20H20N2O5S2/c1-21(12-16(24)13-4-6-14(23)7-5-13)18(25)8-9-22-19(26)17(29-20(22)27)11-15-3-2-10-28-15/h2-7,10-11,16,23-24H,8-9,12H2,1H3. The summed E-state index contributed by atoms with van der Waals surface area (Å²) in [6.07, 6.45) is 0.746. The third kappa shape index (κ3) is 5.26. The topological polar surface area (TPSA) is 98.2 Å². The molecule has 29 heavy (non-hydrogen) atoms. The van der Waals surface area contributed by atoms with Crippen LogP contribution < -0.4 is 0 Å². The number of hydrogen-bond donors (Lipinski definition) is 2. The van der Waals surface area contributed by atoms with E-state index >= 15 is 0 Å². The van der Waals surface area contributed by atoms with Crippen molar-refractivity contribution in [1.29, 1.82) is 0 Å². The van der Waals surface area contributed by atoms with E-state index in [1.165, 1.54) is 28.4 Å². The predicted octanol–water partition coefficient (Wildman–Crippen LogP) is 3.07. The van der Waals surface area contributed by atoms with E-state index < -0.39 is 17.3 Å². The minimum Gasteiger partial charge on any atom is -0.508 e. The summed E-state index contributed by atoms with van der Waals surface area (Å²) in [6, 6.07) is 9.81. The summed E-state index contributed by atoms with van der Waals surface area (Å²) in [5.41, 5.74) is 0.576. The van der Waals surface area contributed by atoms with Gasteiger partial charge in [-0.15, -0.1) is 11.3 Å². The summed E-state index contributed by atoms with van der Waals surface area (Å²) in [5, 5.41) is 21.0. The van der Waals surface area contributed by atoms with E-state index in [9.17, 15) is 24.6 Å². The number of phenolic OH excluding ortho intramolecular Hbond substituents is 1. The van der Waals surface area contributed by atoms with Crippen LogP contribution >= 0.6 is 23.1 Å². The Balaban J connectivity index is 1.53. The van der Waals surface area contributed by atoms with Crippen molar-refractivity contribution >= 4 is 46.2 Å². The molecule has 3 amide bonds. The summed E-state index contributed by atoms with van der Waals surface area (Å²) in [4.78, 5) is 40.6. The van der Waals surface area contributed by atoms with Gasteiger partial charge >= 0.3 is 0 Å². The number of thiophene rings is 1. The number of likely N-dealkylation sites (N-methyl/N-ethyl adjacent to an activating group) is 1. The van der Waals surface area contributed by atoms with Crippen molar-refractivity contribution in [3.8, 4) is 5.75 Å². The molecule has 152 valence electrons. The van der Waals surface area contributed by atoms with Crippen LogP contribution in [0.2, 0.25) is 0 Å². The Morgan fingerprint density at radius 1 is 1.24 bits per heavy atom. The van der Waals surface area contributed by atoms with E-state index in [0.717, 1.165) is 21.5 Å². The number of amides is 3. The predicted molar refractivity (Wildman–Crippen MR) is 112 cm³/mol. The van der Waals surface area contributed by atoms with E-state index in [4.69, 9.17) is 0 Å². The monoisotopic (exact) mass is 432 g/mol. The number of aliphatic hydroxyl groups is 1. The molecule has 2 aromatic rings. The van der Waals surface area contributed by atoms with Gasteiger partial charge < -0.3 is 15.1 Å². The molecule has 0 saturated carbocycles. The van der Waals surface area contributed by atoms with Crippen LogP contribution in [0, 0.1) is 0 Å². The van der Waals surface area contributed by atoms with E-state index in [0.29, 0.717) is 10.5 Å². The van der Waals surface area contributed by atoms with E-state index in [1.54, 1.807) is 25.3 Å². The Labute approximate surface area is 176 Å². The van der Waals surface area contributed by atoms with Crippen molar-refractivity contribution in [1.82, 2.24) is 9.80 Å². The molecule has 2 N–H and O–H groups in total. The minimum atomic E-state index is -0.907. The number of aliphatic hydroxyl groups excluding tert-OH is 1. The molecule has 0 aliphatic carbocycles. The smallest absolute Gasteiger partial charge is 0.293 e. The van der Waals surface area contributed by atoms with Gasteiger partial charge in [0.2, 0.25) is 5.91 Å². The number of thioether (sulfide) groups is 1. The highest BCUT2D eigenvalue weighted by atomic mass is 32.2. The van der Waals surface area contributed by atoms with Crippen molar-refractivity contribution in [2.24, 2.45) is 0 Å². The molecular formula is C20H20N2O5S2. The van der Waals surface area contributed by atoms with Gasteiger partial charge in [-0.1, -0.05) is 18.2 Å². The number of aromatic hydroxyl groups is 1. The number of carbonyl (C=O) groups is 3. The fraction of sp³-hybridized carbons (Fsp3) is 0.250. The van der Waals surface area contributed by atoms with Gasteiger partial charge in [-0.3, -0.25) is 19.3 Å². The third-order valence-electron chi connectivity index (χ3n) is 4.39. The number of imide groups is 1. The number of rotatable bonds is 7. The quantitative estimate of drug-likeness (QED) is 0.653. The molecule has 1 aromatic carbocycles. The minimum absolute atomic E-state index is 0.00900. The average molecular weight is 433 g/mol. The maximum Gasteiger partial charge on any atom is 0.293 e. The van der Waals surface area contributed by atoms with Crippen LogP contribution in [0.15, 0.2) is 46.7 Å². The molecule has 0 spiro atoms. The Kier molecular flexibility index (Phi) is 6.73. The van der Waals surface area contributed by atoms with E-state index in [2.05, 4.69) is 0 Å². The fourth-order valence-corrected chi connectivity index (χ4v) is 4.34. The zero-order valence-corrected chi connectivity index (χ0v) is 17.3. The molecule has 9 heteroatoms. The van der Waals surface area contributed by atoms with Crippen molar-refractivity contribution in [2.75, 3.05) is 20.1 Å². The summed E-state index contributed by atoms with van der Waals surface area (Å²) >= 11 is 2.34. The number of phenols is 1. The van der Waals surface area contributed by atoms with Crippen LogP contribution in [0.4, 0.5) is 4.79 Å². The highest BCUT2D eigenvalue weighted by molar-refractivity contribution is 8.18. The van der Waals surface area contributed by atoms with Crippen molar-refractivity contribution < 1.29 is 24.6 Å². The maximum atomic E-state index is 12.5. The van der Waals surface area contributed by atoms with Gasteiger partial charge in [-0.05, 0) is 47.0 Å². The second-order valence-electron chi connectivity index (χ2n) is 6.48. The molecule has 2 heterocycles. The van der Waals surface area contributed by atoms with Gasteiger partial charge in [0, 0.05) is 24.9 Å². The zero-order chi connectivity index (χ0) is 21.0. The second-order valence-corrected chi connectivity index (χ2v) is 8.45. The number of hydrogen-bond acceptors (Lipinski definition) is 7. The highest BCUT2D eigenvalue weighted by Crippen LogP contribution is 2.33. The molecule has 1 saturated heterocycles. The van der Waals surface area contributed by atoms with Crippen LogP contribution in [0.3, 0.4) is 0 Å². The first-order chi connectivity index (χ1) is 13.8. The molecule has 0 radical (unpaired) electrons. The second kappa shape index (κ2) is 9.25. The molecule has 7 nitrogen and oxygen atoms in total. The van der Waals surface area contributed by atoms with Crippen molar-refractivity contribution in [3.05, 3.63) is 57.1 Å². The lowest BCUT2D eigenvalue weighted by atomic mass is 10.1. The Morgan fingerprint density at radius 2 is 1.97 bits per heavy atom. The normalized spacial score (nSPS) is 16.5. The average Bonchev–Trinajstić information content (AvgIpc) is 3.29. The van der Waals surface area contributed by atoms with Gasteiger partial charge in [-0.2, -0.15) is 0 Å². The summed E-state index contributed by atoms with van der Waals surface area (Å²) in [7, 11) is 1.55. The van der Waals surface area contributed by atoms with Crippen LogP contribution in [-0.2, 0) is 9.59 Å². The lowest BCUT2D eigenvalue weighted by Crippen LogP contribution is -2.36. The fourth-order valence-electron chi connectivity index (χ4n) is 2.76. The Morgan fingerprint density at radius 3 is 2.62 bits per heavy atom. The van der Waals surface area contributed by atoms with Gasteiger partial charge in [0.05, 0.1) is 17.6 Å². The van der Waals surface area contributed by atoms with Crippen molar-refractivity contribution in [3.63, 3.8) is 0 Å². The maximum absolute atomic E-state index is 12.5. The zero-order valence-electron chi connectivity index (χ0n) is 15.6. The van der Waals surface area contributed by atoms with Crippen LogP contribution in [0.5, 0.6) is 5.75 Å². The van der Waals surface area contributed by atoms with Gasteiger partial charge in [0.15, 0.2) is 0 Å². The highest BCUT2D eigenvalue weighted by Gasteiger charge is 2.35. The lowest BCUT2D eigenvalue weighted by molar-refractivity contribution is -0.131. The Hall–Kier alpha value is -2.62. The first-order valence-electron chi connectivity index (χ1n) is 8.85. The van der Waals surface area contributed by atoms with Crippen LogP contribution in [-0.4, -0.2) is 57.2 Å². The first-order valence-corrected chi connectivity index (χ1v) is 10.5. The van der Waals surface area contributed by atoms with Crippen LogP contribution in [0.1, 0.15) is 23.0 Å². The first kappa shape index (κ1) is 21.1. The van der Waals surface area contributed by atoms with Crippen LogP contribution in [0.25, 0.3) is 6.08 Å². The molecule has 1 fully saturated rings.